The van der Waals surface area contributed by atoms with Crippen molar-refractivity contribution < 1.29 is 19.3 Å². The summed E-state index contributed by atoms with van der Waals surface area (Å²) in [6, 6.07) is 5.29. The molecule has 2 aliphatic heterocycles. The third kappa shape index (κ3) is 3.93. The van der Waals surface area contributed by atoms with Gasteiger partial charge in [-0.3, -0.25) is 15.0 Å². The van der Waals surface area contributed by atoms with Gasteiger partial charge in [0.1, 0.15) is 12.3 Å². The van der Waals surface area contributed by atoms with Gasteiger partial charge in [-0.2, -0.15) is 0 Å². The molecule has 0 radical (unpaired) electrons. The largest absolute Gasteiger partial charge is 0.535 e. The van der Waals surface area contributed by atoms with Crippen LogP contribution in [0.3, 0.4) is 0 Å². The van der Waals surface area contributed by atoms with E-state index in [1.54, 1.807) is 23.2 Å². The number of hydrogen-bond acceptors (Lipinski definition) is 7. The Morgan fingerprint density at radius 2 is 2.17 bits per heavy atom. The molecule has 0 bridgehead atoms. The Bertz CT molecular complexity index is 1000. The van der Waals surface area contributed by atoms with Gasteiger partial charge in [0.25, 0.3) is 0 Å². The molecule has 0 unspecified atom stereocenters. The second-order valence-corrected chi connectivity index (χ2v) is 7.89. The van der Waals surface area contributed by atoms with E-state index in [9.17, 15) is 14.6 Å². The Hall–Kier alpha value is -3.21. The van der Waals surface area contributed by atoms with E-state index in [4.69, 9.17) is 15.8 Å². The maximum absolute atomic E-state index is 12.6. The first kappa shape index (κ1) is 20.1. The number of nitrogens with zero attached hydrogens (tertiary/aromatic N) is 4. The van der Waals surface area contributed by atoms with E-state index >= 15 is 0 Å². The van der Waals surface area contributed by atoms with Crippen LogP contribution in [0.25, 0.3) is 0 Å². The first-order chi connectivity index (χ1) is 14.3. The van der Waals surface area contributed by atoms with Crippen molar-refractivity contribution in [3.05, 3.63) is 41.2 Å². The van der Waals surface area contributed by atoms with E-state index in [-0.39, 0.29) is 36.4 Å². The Kier molecular flexibility index (Phi) is 5.29. The fraction of sp³-hybridized carbons (Fsp3) is 0.421. The quantitative estimate of drug-likeness (QED) is 0.265. The molecule has 0 aliphatic carbocycles. The van der Waals surface area contributed by atoms with Crippen molar-refractivity contribution in [3.63, 3.8) is 0 Å². The number of fused-ring (bicyclic) bond motifs is 1. The van der Waals surface area contributed by atoms with Gasteiger partial charge in [0.2, 0.25) is 0 Å². The lowest BCUT2D eigenvalue weighted by molar-refractivity contribution is -0.120. The van der Waals surface area contributed by atoms with Crippen LogP contribution in [0.5, 0.6) is 5.75 Å². The van der Waals surface area contributed by atoms with Gasteiger partial charge in [-0.15, -0.1) is 5.10 Å². The Morgan fingerprint density at radius 1 is 1.40 bits per heavy atom. The number of para-hydroxylation sites is 1. The lowest BCUT2D eigenvalue weighted by atomic mass is 9.64. The van der Waals surface area contributed by atoms with Crippen LogP contribution in [0.1, 0.15) is 40.9 Å². The molecular weight excluding hydrogens is 387 g/mol. The normalized spacial score (nSPS) is 18.4. The zero-order chi connectivity index (χ0) is 21.4. The number of benzene rings is 1. The minimum absolute atomic E-state index is 0.0408. The second-order valence-electron chi connectivity index (χ2n) is 7.89. The van der Waals surface area contributed by atoms with Crippen LogP contribution in [0.2, 0.25) is 5.82 Å². The fourth-order valence-electron chi connectivity index (χ4n) is 3.91. The van der Waals surface area contributed by atoms with E-state index in [1.165, 1.54) is 11.6 Å². The number of nitrogens with one attached hydrogen (secondary N) is 1. The van der Waals surface area contributed by atoms with Crippen molar-refractivity contribution >= 4 is 24.6 Å². The average molecular weight is 410 g/mol. The van der Waals surface area contributed by atoms with Crippen molar-refractivity contribution in [2.24, 2.45) is 5.73 Å². The first-order valence-corrected chi connectivity index (χ1v) is 9.80. The highest BCUT2D eigenvalue weighted by atomic mass is 16.5. The summed E-state index contributed by atoms with van der Waals surface area (Å²) in [5.74, 6) is -0.0248. The van der Waals surface area contributed by atoms with E-state index in [2.05, 4.69) is 10.3 Å². The van der Waals surface area contributed by atoms with Crippen molar-refractivity contribution in [3.8, 4) is 5.75 Å². The molecule has 4 N–H and O–H groups in total. The number of Topliss-reactive ketones (excluding diaryl/α,β-unsaturated/α-hetero) is 2. The molecule has 1 atom stereocenters. The molecule has 30 heavy (non-hydrogen) atoms. The Morgan fingerprint density at radius 3 is 2.87 bits per heavy atom. The number of carbonyl (C=O) groups is 2. The van der Waals surface area contributed by atoms with Crippen LogP contribution in [-0.4, -0.2) is 62.7 Å². The van der Waals surface area contributed by atoms with Gasteiger partial charge < -0.3 is 20.3 Å². The van der Waals surface area contributed by atoms with Gasteiger partial charge in [-0.25, -0.2) is 4.68 Å². The van der Waals surface area contributed by atoms with Crippen LogP contribution >= 0.6 is 0 Å². The van der Waals surface area contributed by atoms with Gasteiger partial charge in [0, 0.05) is 37.4 Å². The molecule has 2 aromatic rings. The minimum atomic E-state index is -1.15. The predicted octanol–water partition coefficient (Wildman–Crippen LogP) is 0.218. The van der Waals surface area contributed by atoms with Crippen molar-refractivity contribution in [2.45, 2.75) is 38.0 Å². The number of nitrogens with two attached hydrogens (primary N) is 1. The zero-order valence-electron chi connectivity index (χ0n) is 16.6. The molecule has 1 aromatic carbocycles. The van der Waals surface area contributed by atoms with E-state index in [0.717, 1.165) is 11.3 Å². The third-order valence-electron chi connectivity index (χ3n) is 5.62. The van der Waals surface area contributed by atoms with Gasteiger partial charge in [-0.1, -0.05) is 17.3 Å². The average Bonchev–Trinajstić information content (AvgIpc) is 3.07. The molecule has 0 spiro atoms. The summed E-state index contributed by atoms with van der Waals surface area (Å²) in [4.78, 5) is 26.0. The maximum Gasteiger partial charge on any atom is 0.526 e. The van der Waals surface area contributed by atoms with Crippen molar-refractivity contribution in [1.29, 1.82) is 5.41 Å². The smallest absolute Gasteiger partial charge is 0.526 e. The van der Waals surface area contributed by atoms with Gasteiger partial charge >= 0.3 is 7.12 Å². The maximum atomic E-state index is 12.6. The summed E-state index contributed by atoms with van der Waals surface area (Å²) >= 11 is 0. The highest BCUT2D eigenvalue weighted by Gasteiger charge is 2.37. The number of rotatable bonds is 6. The summed E-state index contributed by atoms with van der Waals surface area (Å²) in [5.41, 5.74) is 7.46. The summed E-state index contributed by atoms with van der Waals surface area (Å²) in [6.07, 6.45) is 2.32. The predicted molar refractivity (Wildman–Crippen MR) is 108 cm³/mol. The zero-order valence-corrected chi connectivity index (χ0v) is 16.6. The highest BCUT2D eigenvalue weighted by molar-refractivity contribution is 6.47. The molecule has 1 fully saturated rings. The van der Waals surface area contributed by atoms with Gasteiger partial charge in [0.15, 0.2) is 17.5 Å². The number of ketones is 2. The topological polar surface area (TPSA) is 147 Å². The number of aromatic nitrogens is 3. The molecule has 11 heteroatoms. The highest BCUT2D eigenvalue weighted by Crippen LogP contribution is 2.36. The summed E-state index contributed by atoms with van der Waals surface area (Å²) in [5, 5.41) is 25.9. The Balaban J connectivity index is 1.35. The van der Waals surface area contributed by atoms with Crippen LogP contribution in [-0.2, 0) is 17.8 Å². The molecule has 10 nitrogen and oxygen atoms in total. The van der Waals surface area contributed by atoms with Gasteiger partial charge in [-0.05, 0) is 25.0 Å². The van der Waals surface area contributed by atoms with Crippen molar-refractivity contribution in [1.82, 2.24) is 19.9 Å². The number of likely N-dealkylation sites (tertiary alicyclic amines) is 1. The second kappa shape index (κ2) is 7.90. The number of hydrogen-bond donors (Lipinski definition) is 3. The van der Waals surface area contributed by atoms with E-state index in [1.807, 2.05) is 6.07 Å². The lowest BCUT2D eigenvalue weighted by Gasteiger charge is -2.38. The molecule has 0 amide bonds. The van der Waals surface area contributed by atoms with Crippen LogP contribution in [0, 0.1) is 5.41 Å². The van der Waals surface area contributed by atoms with Crippen LogP contribution in [0.15, 0.2) is 24.4 Å². The van der Waals surface area contributed by atoms with Gasteiger partial charge in [0.05, 0.1) is 11.3 Å². The molecular formula is C19H23BN6O4. The summed E-state index contributed by atoms with van der Waals surface area (Å²) in [6.45, 7) is 2.75. The van der Waals surface area contributed by atoms with Crippen LogP contribution in [0.4, 0.5) is 0 Å². The minimum Gasteiger partial charge on any atom is -0.535 e. The van der Waals surface area contributed by atoms with Crippen molar-refractivity contribution in [2.75, 3.05) is 13.1 Å². The number of guanidine groups is 1. The standard InChI is InChI=1S/C19H23BN6O4/c1-11(27)16-4-2-3-12-5-14(20(29)30-18(12)16)6-15(28)9-26-10-17(23-24-26)13-7-25(8-13)19(21)22/h2-4,10,13-14,29H,5-9H2,1H3,(H3,21,22)/t14-/m1/s1. The van der Waals surface area contributed by atoms with E-state index in [0.29, 0.717) is 30.8 Å². The molecule has 3 heterocycles. The fourth-order valence-corrected chi connectivity index (χ4v) is 3.91. The summed E-state index contributed by atoms with van der Waals surface area (Å²) < 4.78 is 7.08. The third-order valence-corrected chi connectivity index (χ3v) is 5.62. The molecule has 2 aliphatic rings. The molecule has 156 valence electrons. The SMILES string of the molecule is CC(=O)c1cccc2c1OB(O)[C@@H](CC(=O)Cn1cc(C3CN(C(=N)N)C3)nn1)C2. The molecule has 4 rings (SSSR count). The van der Waals surface area contributed by atoms with Crippen LogP contribution < -0.4 is 10.4 Å². The lowest BCUT2D eigenvalue weighted by Crippen LogP contribution is -2.51. The monoisotopic (exact) mass is 410 g/mol. The van der Waals surface area contributed by atoms with E-state index < -0.39 is 12.9 Å². The number of carbonyl (C=O) groups excluding carboxylic acids is 2. The molecule has 1 aromatic heterocycles. The first-order valence-electron chi connectivity index (χ1n) is 9.80. The summed E-state index contributed by atoms with van der Waals surface area (Å²) in [7, 11) is -1.15. The molecule has 1 saturated heterocycles. The molecule has 0 saturated carbocycles. The Labute approximate surface area is 173 Å².